The molecule has 2 aromatic heterocycles. The molecule has 0 bridgehead atoms. The van der Waals surface area contributed by atoms with E-state index in [4.69, 9.17) is 0 Å². The second kappa shape index (κ2) is 6.10. The van der Waals surface area contributed by atoms with Crippen molar-refractivity contribution < 1.29 is 11.5 Å². The van der Waals surface area contributed by atoms with E-state index in [-0.39, 0.29) is 10.5 Å². The number of nitrogens with zero attached hydrogens (tertiary/aromatic N) is 3. The number of anilines is 1. The molecule has 2 unspecified atom stereocenters. The monoisotopic (exact) mass is 379 g/mol. The van der Waals surface area contributed by atoms with Gasteiger partial charge in [0.05, 0.1) is 0 Å². The summed E-state index contributed by atoms with van der Waals surface area (Å²) in [5.74, 6) is 0.566. The summed E-state index contributed by atoms with van der Waals surface area (Å²) >= 11 is -3.81. The summed E-state index contributed by atoms with van der Waals surface area (Å²) < 4.78 is 42.2. The van der Waals surface area contributed by atoms with Crippen LogP contribution in [0.25, 0.3) is 5.52 Å². The molecule has 1 fully saturated rings. The SMILES string of the molecule is Cc1nn2c(NC3CCN(C)CC3F)cccc2c1[Se](F)F. The molecule has 3 rings (SSSR count). The fourth-order valence-corrected chi connectivity index (χ4v) is 4.08. The Bertz CT molecular complexity index is 675. The van der Waals surface area contributed by atoms with Gasteiger partial charge in [-0.3, -0.25) is 0 Å². The first-order chi connectivity index (χ1) is 10.5. The molecule has 1 aliphatic heterocycles. The number of fused-ring (bicyclic) bond motifs is 1. The molecule has 2 aromatic rings. The molecule has 3 heterocycles. The van der Waals surface area contributed by atoms with E-state index in [1.165, 1.54) is 4.52 Å². The maximum absolute atomic E-state index is 14.1. The predicted molar refractivity (Wildman–Crippen MR) is 82.0 cm³/mol. The standard InChI is InChI=1S/C14H18F3N4Se/c1-9-14(22(16)17)12-4-3-5-13(21(12)19-9)18-11-6-7-20(2)8-10(11)15/h3-5,10-11,18H,6-8H2,1-2H3. The van der Waals surface area contributed by atoms with E-state index in [1.54, 1.807) is 25.1 Å². The zero-order valence-electron chi connectivity index (χ0n) is 12.4. The molecular weight excluding hydrogens is 360 g/mol. The van der Waals surface area contributed by atoms with Gasteiger partial charge in [-0.1, -0.05) is 0 Å². The molecule has 0 aromatic carbocycles. The predicted octanol–water partition coefficient (Wildman–Crippen LogP) is 1.73. The summed E-state index contributed by atoms with van der Waals surface area (Å²) in [7, 11) is 1.89. The number of halogens is 3. The van der Waals surface area contributed by atoms with Crippen molar-refractivity contribution >= 4 is 30.6 Å². The van der Waals surface area contributed by atoms with E-state index in [0.29, 0.717) is 30.0 Å². The number of hydrogen-bond donors (Lipinski definition) is 1. The Morgan fingerprint density at radius 2 is 2.14 bits per heavy atom. The van der Waals surface area contributed by atoms with Crippen molar-refractivity contribution in [2.45, 2.75) is 25.6 Å². The third-order valence-corrected chi connectivity index (χ3v) is 5.71. The molecule has 1 radical (unpaired) electrons. The summed E-state index contributed by atoms with van der Waals surface area (Å²) in [6.45, 7) is 2.77. The van der Waals surface area contributed by atoms with Gasteiger partial charge in [0.1, 0.15) is 0 Å². The van der Waals surface area contributed by atoms with E-state index in [1.807, 2.05) is 11.9 Å². The summed E-state index contributed by atoms with van der Waals surface area (Å²) in [5, 5.41) is 7.35. The zero-order valence-corrected chi connectivity index (χ0v) is 14.1. The van der Waals surface area contributed by atoms with Crippen LogP contribution in [-0.4, -0.2) is 61.7 Å². The second-order valence-electron chi connectivity index (χ2n) is 5.65. The van der Waals surface area contributed by atoms with Gasteiger partial charge in [-0.15, -0.1) is 0 Å². The number of pyridine rings is 1. The Kier molecular flexibility index (Phi) is 4.34. The molecule has 0 aliphatic carbocycles. The molecule has 4 nitrogen and oxygen atoms in total. The number of likely N-dealkylation sites (tertiary alicyclic amines) is 1. The van der Waals surface area contributed by atoms with Crippen molar-refractivity contribution in [1.29, 1.82) is 0 Å². The summed E-state index contributed by atoms with van der Waals surface area (Å²) in [5.41, 5.74) is 0.769. The van der Waals surface area contributed by atoms with Crippen molar-refractivity contribution in [3.63, 3.8) is 0 Å². The van der Waals surface area contributed by atoms with Gasteiger partial charge in [0.15, 0.2) is 0 Å². The third-order valence-electron chi connectivity index (χ3n) is 4.01. The summed E-state index contributed by atoms with van der Waals surface area (Å²) in [6.07, 6.45) is -0.321. The van der Waals surface area contributed by atoms with E-state index >= 15 is 0 Å². The Labute approximate surface area is 132 Å². The van der Waals surface area contributed by atoms with Gasteiger partial charge in [0.25, 0.3) is 0 Å². The van der Waals surface area contributed by atoms with E-state index < -0.39 is 21.0 Å². The van der Waals surface area contributed by atoms with Gasteiger partial charge in [0.2, 0.25) is 0 Å². The van der Waals surface area contributed by atoms with E-state index in [2.05, 4.69) is 10.4 Å². The number of rotatable bonds is 3. The Morgan fingerprint density at radius 1 is 1.36 bits per heavy atom. The van der Waals surface area contributed by atoms with Crippen molar-refractivity contribution in [2.75, 3.05) is 25.5 Å². The van der Waals surface area contributed by atoms with Gasteiger partial charge in [-0.2, -0.15) is 0 Å². The van der Waals surface area contributed by atoms with Gasteiger partial charge in [-0.25, -0.2) is 0 Å². The minimum atomic E-state index is -3.81. The van der Waals surface area contributed by atoms with Crippen LogP contribution in [0, 0.1) is 6.92 Å². The maximum atomic E-state index is 14.1. The Morgan fingerprint density at radius 3 is 2.82 bits per heavy atom. The molecule has 1 aliphatic rings. The Balaban J connectivity index is 1.93. The van der Waals surface area contributed by atoms with Crippen LogP contribution < -0.4 is 9.78 Å². The third kappa shape index (κ3) is 2.83. The first-order valence-corrected chi connectivity index (χ1v) is 9.27. The molecule has 22 heavy (non-hydrogen) atoms. The summed E-state index contributed by atoms with van der Waals surface area (Å²) in [6, 6.07) is 4.77. The number of hydrogen-bond acceptors (Lipinski definition) is 3. The van der Waals surface area contributed by atoms with Crippen LogP contribution in [0.4, 0.5) is 17.3 Å². The van der Waals surface area contributed by atoms with Crippen LogP contribution in [0.2, 0.25) is 0 Å². The first-order valence-electron chi connectivity index (χ1n) is 7.11. The van der Waals surface area contributed by atoms with Crippen molar-refractivity contribution in [1.82, 2.24) is 14.5 Å². The normalized spacial score (nSPS) is 23.4. The molecule has 1 N–H and O–H groups in total. The molecule has 2 atom stereocenters. The number of nitrogens with one attached hydrogen (secondary N) is 1. The molecule has 1 saturated heterocycles. The number of piperidine rings is 1. The topological polar surface area (TPSA) is 32.6 Å². The van der Waals surface area contributed by atoms with Gasteiger partial charge >= 0.3 is 132 Å². The van der Waals surface area contributed by atoms with E-state index in [0.717, 1.165) is 6.54 Å². The number of aromatic nitrogens is 2. The number of aryl methyl sites for hydroxylation is 1. The molecule has 121 valence electrons. The van der Waals surface area contributed by atoms with Crippen molar-refractivity contribution in [3.05, 3.63) is 23.9 Å². The molecular formula is C14H18F3N4Se. The second-order valence-corrected chi connectivity index (χ2v) is 7.40. The molecule has 0 spiro atoms. The first kappa shape index (κ1) is 15.6. The molecule has 0 amide bonds. The van der Waals surface area contributed by atoms with Crippen LogP contribution >= 0.6 is 0 Å². The van der Waals surface area contributed by atoms with E-state index in [9.17, 15) is 11.5 Å². The quantitative estimate of drug-likeness (QED) is 0.826. The zero-order chi connectivity index (χ0) is 15.9. The van der Waals surface area contributed by atoms with Gasteiger partial charge in [-0.05, 0) is 0 Å². The minimum absolute atomic E-state index is 0.0591. The van der Waals surface area contributed by atoms with Crippen LogP contribution in [0.15, 0.2) is 18.2 Å². The van der Waals surface area contributed by atoms with Crippen molar-refractivity contribution in [2.24, 2.45) is 0 Å². The van der Waals surface area contributed by atoms with Crippen LogP contribution in [-0.2, 0) is 0 Å². The molecule has 8 heteroatoms. The fraction of sp³-hybridized carbons (Fsp3) is 0.500. The Hall–Kier alpha value is -1.24. The average molecular weight is 378 g/mol. The number of alkyl halides is 1. The van der Waals surface area contributed by atoms with Gasteiger partial charge in [0, 0.05) is 0 Å². The van der Waals surface area contributed by atoms with Crippen LogP contribution in [0.1, 0.15) is 12.1 Å². The van der Waals surface area contributed by atoms with Crippen LogP contribution in [0.5, 0.6) is 0 Å². The average Bonchev–Trinajstić information content (AvgIpc) is 2.79. The summed E-state index contributed by atoms with van der Waals surface area (Å²) in [4.78, 5) is 1.95. The van der Waals surface area contributed by atoms with Crippen LogP contribution in [0.3, 0.4) is 0 Å². The van der Waals surface area contributed by atoms with Crippen molar-refractivity contribution in [3.8, 4) is 0 Å². The fourth-order valence-electron chi connectivity index (χ4n) is 2.87. The van der Waals surface area contributed by atoms with Gasteiger partial charge < -0.3 is 0 Å². The molecule has 0 saturated carbocycles.